The topological polar surface area (TPSA) is 52.6 Å². The molecule has 1 unspecified atom stereocenters. The summed E-state index contributed by atoms with van der Waals surface area (Å²) in [6.07, 6.45) is 1.94. The quantitative estimate of drug-likeness (QED) is 0.827. The fraction of sp³-hybridized carbons (Fsp3) is 0.562. The van der Waals surface area contributed by atoms with Crippen LogP contribution in [0, 0.1) is 5.92 Å². The van der Waals surface area contributed by atoms with E-state index in [4.69, 9.17) is 23.2 Å². The van der Waals surface area contributed by atoms with Crippen LogP contribution >= 0.6 is 23.2 Å². The number of carbonyl (C=O) groups is 1. The fourth-order valence-electron chi connectivity index (χ4n) is 2.82. The van der Waals surface area contributed by atoms with Gasteiger partial charge in [-0.25, -0.2) is 0 Å². The predicted octanol–water partition coefficient (Wildman–Crippen LogP) is 2.78. The molecule has 3 rings (SSSR count). The lowest BCUT2D eigenvalue weighted by Gasteiger charge is -2.30. The molecule has 0 aromatic heterocycles. The summed E-state index contributed by atoms with van der Waals surface area (Å²) in [6.45, 7) is 2.51. The minimum absolute atomic E-state index is 0.119. The zero-order valence-electron chi connectivity index (χ0n) is 12.3. The van der Waals surface area contributed by atoms with E-state index in [-0.39, 0.29) is 17.9 Å². The van der Waals surface area contributed by atoms with Crippen LogP contribution in [0.3, 0.4) is 0 Å². The number of alkyl halides is 2. The molecule has 22 heavy (non-hydrogen) atoms. The Hall–Kier alpha value is -0.810. The van der Waals surface area contributed by atoms with Gasteiger partial charge >= 0.3 is 0 Å². The zero-order valence-corrected chi connectivity index (χ0v) is 13.8. The van der Waals surface area contributed by atoms with Crippen molar-refractivity contribution in [2.45, 2.75) is 36.2 Å². The van der Waals surface area contributed by atoms with E-state index in [0.29, 0.717) is 6.42 Å². The smallest absolute Gasteiger partial charge is 0.230 e. The molecular formula is C16H20Cl2N2O2. The van der Waals surface area contributed by atoms with Crippen LogP contribution in [-0.2, 0) is 11.3 Å². The van der Waals surface area contributed by atoms with E-state index >= 15 is 0 Å². The molecular weight excluding hydrogens is 323 g/mol. The number of carbonyl (C=O) groups excluding carboxylic acids is 1. The molecule has 1 aliphatic heterocycles. The number of benzene rings is 1. The van der Waals surface area contributed by atoms with Gasteiger partial charge in [0.2, 0.25) is 5.91 Å². The molecule has 0 spiro atoms. The molecule has 1 aromatic carbocycles. The number of aliphatic hydroxyl groups is 1. The second-order valence-electron chi connectivity index (χ2n) is 6.17. The van der Waals surface area contributed by atoms with E-state index in [2.05, 4.69) is 10.2 Å². The van der Waals surface area contributed by atoms with E-state index in [9.17, 15) is 9.90 Å². The van der Waals surface area contributed by atoms with Gasteiger partial charge in [-0.3, -0.25) is 9.69 Å². The van der Waals surface area contributed by atoms with Gasteiger partial charge in [-0.05, 0) is 30.9 Å². The van der Waals surface area contributed by atoms with Crippen molar-refractivity contribution in [2.75, 3.05) is 18.4 Å². The third-order valence-electron chi connectivity index (χ3n) is 4.37. The summed E-state index contributed by atoms with van der Waals surface area (Å²) in [5, 5.41) is 12.5. The summed E-state index contributed by atoms with van der Waals surface area (Å²) in [5.74, 6) is -0.444. The molecule has 1 atom stereocenters. The Labute approximate surface area is 140 Å². The van der Waals surface area contributed by atoms with Crippen molar-refractivity contribution in [3.8, 4) is 0 Å². The normalized spacial score (nSPS) is 25.0. The van der Waals surface area contributed by atoms with Crippen molar-refractivity contribution in [1.29, 1.82) is 0 Å². The number of anilines is 1. The number of nitrogens with one attached hydrogen (secondary N) is 1. The molecule has 0 radical (unpaired) electrons. The molecule has 120 valence electrons. The molecule has 0 bridgehead atoms. The fourth-order valence-corrected chi connectivity index (χ4v) is 3.32. The molecule has 2 aliphatic rings. The first-order chi connectivity index (χ1) is 10.5. The first-order valence-electron chi connectivity index (χ1n) is 7.63. The molecule has 4 nitrogen and oxygen atoms in total. The summed E-state index contributed by atoms with van der Waals surface area (Å²) in [5.41, 5.74) is 1.89. The van der Waals surface area contributed by atoms with Gasteiger partial charge in [-0.2, -0.15) is 0 Å². The average molecular weight is 343 g/mol. The Kier molecular flexibility index (Phi) is 4.64. The maximum Gasteiger partial charge on any atom is 0.230 e. The van der Waals surface area contributed by atoms with Crippen LogP contribution in [0.4, 0.5) is 5.69 Å². The maximum atomic E-state index is 12.2. The van der Waals surface area contributed by atoms with Crippen LogP contribution in [0.5, 0.6) is 0 Å². The van der Waals surface area contributed by atoms with E-state index in [1.165, 1.54) is 0 Å². The third-order valence-corrected chi connectivity index (χ3v) is 5.20. The minimum atomic E-state index is -0.901. The molecule has 1 saturated heterocycles. The summed E-state index contributed by atoms with van der Waals surface area (Å²) in [7, 11) is 0. The van der Waals surface area contributed by atoms with Crippen LogP contribution in [0.25, 0.3) is 0 Å². The average Bonchev–Trinajstić information content (AvgIpc) is 3.12. The van der Waals surface area contributed by atoms with Crippen LogP contribution in [0.1, 0.15) is 24.8 Å². The zero-order chi connectivity index (χ0) is 15.7. The van der Waals surface area contributed by atoms with Gasteiger partial charge in [0.1, 0.15) is 4.33 Å². The van der Waals surface area contributed by atoms with Gasteiger partial charge in [-0.1, -0.05) is 18.2 Å². The van der Waals surface area contributed by atoms with Gasteiger partial charge in [-0.15, -0.1) is 23.2 Å². The number of nitrogens with zero attached hydrogens (tertiary/aromatic N) is 1. The number of halogens is 2. The Morgan fingerprint density at radius 1 is 1.32 bits per heavy atom. The second kappa shape index (κ2) is 6.36. The summed E-state index contributed by atoms with van der Waals surface area (Å²) in [6, 6.07) is 7.79. The van der Waals surface area contributed by atoms with Crippen LogP contribution in [-0.4, -0.2) is 39.4 Å². The van der Waals surface area contributed by atoms with E-state index in [1.807, 2.05) is 24.3 Å². The highest BCUT2D eigenvalue weighted by atomic mass is 35.5. The van der Waals surface area contributed by atoms with E-state index < -0.39 is 4.33 Å². The number of aliphatic hydroxyl groups excluding tert-OH is 1. The summed E-state index contributed by atoms with van der Waals surface area (Å²) < 4.78 is -0.901. The van der Waals surface area contributed by atoms with E-state index in [0.717, 1.165) is 43.7 Å². The molecule has 1 saturated carbocycles. The van der Waals surface area contributed by atoms with E-state index in [1.54, 1.807) is 0 Å². The summed E-state index contributed by atoms with van der Waals surface area (Å²) in [4.78, 5) is 14.4. The van der Waals surface area contributed by atoms with Crippen molar-refractivity contribution in [2.24, 2.45) is 5.92 Å². The largest absolute Gasteiger partial charge is 0.393 e. The molecule has 1 aromatic rings. The van der Waals surface area contributed by atoms with Gasteiger partial charge in [0.05, 0.1) is 12.0 Å². The number of likely N-dealkylation sites (tertiary alicyclic amines) is 1. The minimum Gasteiger partial charge on any atom is -0.393 e. The van der Waals surface area contributed by atoms with Crippen molar-refractivity contribution in [3.05, 3.63) is 29.8 Å². The Bertz CT molecular complexity index is 557. The molecule has 6 heteroatoms. The molecule has 2 N–H and O–H groups in total. The lowest BCUT2D eigenvalue weighted by molar-refractivity contribution is -0.117. The lowest BCUT2D eigenvalue weighted by atomic mass is 10.1. The van der Waals surface area contributed by atoms with Crippen molar-refractivity contribution < 1.29 is 9.90 Å². The first kappa shape index (κ1) is 16.1. The molecule has 1 amide bonds. The monoisotopic (exact) mass is 342 g/mol. The number of rotatable bonds is 4. The van der Waals surface area contributed by atoms with Crippen molar-refractivity contribution >= 4 is 34.8 Å². The van der Waals surface area contributed by atoms with Crippen LogP contribution < -0.4 is 5.32 Å². The highest BCUT2D eigenvalue weighted by Gasteiger charge is 2.56. The number of para-hydroxylation sites is 1. The number of piperidine rings is 1. The first-order valence-corrected chi connectivity index (χ1v) is 8.38. The number of hydrogen-bond donors (Lipinski definition) is 2. The highest BCUT2D eigenvalue weighted by Crippen LogP contribution is 2.53. The maximum absolute atomic E-state index is 12.2. The van der Waals surface area contributed by atoms with Gasteiger partial charge in [0.15, 0.2) is 0 Å². The number of hydrogen-bond acceptors (Lipinski definition) is 3. The second-order valence-corrected chi connectivity index (χ2v) is 7.71. The third kappa shape index (κ3) is 3.74. The van der Waals surface area contributed by atoms with Gasteiger partial charge in [0.25, 0.3) is 0 Å². The van der Waals surface area contributed by atoms with Gasteiger partial charge < -0.3 is 10.4 Å². The lowest BCUT2D eigenvalue weighted by Crippen LogP contribution is -2.35. The van der Waals surface area contributed by atoms with Crippen LogP contribution in [0.15, 0.2) is 24.3 Å². The molecule has 1 aliphatic carbocycles. The summed E-state index contributed by atoms with van der Waals surface area (Å²) >= 11 is 11.9. The van der Waals surface area contributed by atoms with Crippen molar-refractivity contribution in [1.82, 2.24) is 4.90 Å². The van der Waals surface area contributed by atoms with Crippen molar-refractivity contribution in [3.63, 3.8) is 0 Å². The Morgan fingerprint density at radius 3 is 2.59 bits per heavy atom. The predicted molar refractivity (Wildman–Crippen MR) is 88.1 cm³/mol. The highest BCUT2D eigenvalue weighted by molar-refractivity contribution is 6.52. The molecule has 1 heterocycles. The standard InChI is InChI=1S/C16H20Cl2N2O2/c17-16(18)9-13(16)15(22)19-14-4-2-1-3-11(14)10-20-7-5-12(21)6-8-20/h1-4,12-13,21H,5-10H2,(H,19,22). The Morgan fingerprint density at radius 2 is 1.95 bits per heavy atom. The van der Waals surface area contributed by atoms with Crippen LogP contribution in [0.2, 0.25) is 0 Å². The number of amides is 1. The molecule has 2 fully saturated rings. The SMILES string of the molecule is O=C(Nc1ccccc1CN1CCC(O)CC1)C1CC1(Cl)Cl. The van der Waals surface area contributed by atoms with Gasteiger partial charge in [0, 0.05) is 25.3 Å². The Balaban J connectivity index is 1.64.